The minimum absolute atomic E-state index is 0.171. The largest absolute Gasteiger partial charge is 0.504 e. The second-order valence-electron chi connectivity index (χ2n) is 5.05. The van der Waals surface area contributed by atoms with Crippen molar-refractivity contribution in [3.05, 3.63) is 59.2 Å². The first-order valence-corrected chi connectivity index (χ1v) is 6.76. The van der Waals surface area contributed by atoms with Crippen LogP contribution in [0.25, 0.3) is 0 Å². The molecule has 1 atom stereocenters. The zero-order valence-electron chi connectivity index (χ0n) is 12.0. The molecule has 0 bridgehead atoms. The zero-order chi connectivity index (χ0) is 14.5. The number of rotatable bonds is 5. The molecule has 3 N–H and O–H groups in total. The lowest BCUT2D eigenvalue weighted by molar-refractivity contribution is 0.373. The third-order valence-electron chi connectivity index (χ3n) is 3.56. The molecule has 0 heterocycles. The molecule has 0 amide bonds. The lowest BCUT2D eigenvalue weighted by Crippen LogP contribution is -2.15. The summed E-state index contributed by atoms with van der Waals surface area (Å²) >= 11 is 0. The van der Waals surface area contributed by atoms with Crippen LogP contribution in [0.2, 0.25) is 0 Å². The average molecular weight is 271 g/mol. The molecule has 3 nitrogen and oxygen atoms in total. The molecule has 0 aliphatic heterocycles. The van der Waals surface area contributed by atoms with E-state index in [2.05, 4.69) is 31.2 Å². The number of phenols is 1. The van der Waals surface area contributed by atoms with E-state index in [4.69, 9.17) is 10.5 Å². The van der Waals surface area contributed by atoms with Crippen LogP contribution < -0.4 is 10.5 Å². The van der Waals surface area contributed by atoms with Crippen molar-refractivity contribution in [3.8, 4) is 11.5 Å². The molecule has 0 spiro atoms. The third kappa shape index (κ3) is 3.31. The summed E-state index contributed by atoms with van der Waals surface area (Å²) in [6.07, 6.45) is 0.803. The van der Waals surface area contributed by atoms with Gasteiger partial charge in [0.1, 0.15) is 0 Å². The van der Waals surface area contributed by atoms with Gasteiger partial charge in [-0.2, -0.15) is 0 Å². The molecule has 3 heteroatoms. The molecule has 2 aromatic carbocycles. The van der Waals surface area contributed by atoms with Crippen molar-refractivity contribution in [2.45, 2.75) is 19.3 Å². The van der Waals surface area contributed by atoms with Crippen molar-refractivity contribution in [2.24, 2.45) is 5.73 Å². The Morgan fingerprint density at radius 1 is 1.15 bits per heavy atom. The van der Waals surface area contributed by atoms with Gasteiger partial charge in [-0.3, -0.25) is 0 Å². The van der Waals surface area contributed by atoms with Crippen molar-refractivity contribution in [1.82, 2.24) is 0 Å². The van der Waals surface area contributed by atoms with E-state index in [9.17, 15) is 5.11 Å². The summed E-state index contributed by atoms with van der Waals surface area (Å²) in [5.74, 6) is 0.918. The van der Waals surface area contributed by atoms with Crippen LogP contribution in [0.3, 0.4) is 0 Å². The molecular weight excluding hydrogens is 250 g/mol. The molecule has 0 aliphatic carbocycles. The van der Waals surface area contributed by atoms with Crippen LogP contribution in [0.1, 0.15) is 22.6 Å². The maximum Gasteiger partial charge on any atom is 0.160 e. The van der Waals surface area contributed by atoms with Gasteiger partial charge in [0.15, 0.2) is 11.5 Å². The van der Waals surface area contributed by atoms with E-state index in [1.807, 2.05) is 6.07 Å². The van der Waals surface area contributed by atoms with Crippen molar-refractivity contribution in [3.63, 3.8) is 0 Å². The molecule has 0 radical (unpaired) electrons. The number of methoxy groups -OCH3 is 1. The fourth-order valence-electron chi connectivity index (χ4n) is 2.32. The fourth-order valence-corrected chi connectivity index (χ4v) is 2.32. The molecule has 1 unspecified atom stereocenters. The number of ether oxygens (including phenoxy) is 1. The fraction of sp³-hybridized carbons (Fsp3) is 0.294. The van der Waals surface area contributed by atoms with Crippen molar-refractivity contribution < 1.29 is 9.84 Å². The monoisotopic (exact) mass is 271 g/mol. The highest BCUT2D eigenvalue weighted by Gasteiger charge is 2.12. The molecule has 20 heavy (non-hydrogen) atoms. The summed E-state index contributed by atoms with van der Waals surface area (Å²) in [7, 11) is 1.55. The quantitative estimate of drug-likeness (QED) is 0.879. The Labute approximate surface area is 120 Å². The summed E-state index contributed by atoms with van der Waals surface area (Å²) < 4.78 is 5.05. The lowest BCUT2D eigenvalue weighted by Gasteiger charge is -2.16. The Morgan fingerprint density at radius 3 is 2.40 bits per heavy atom. The predicted octanol–water partition coefficient (Wildman–Crippen LogP) is 2.99. The summed E-state index contributed by atoms with van der Waals surface area (Å²) in [5, 5.41) is 9.83. The van der Waals surface area contributed by atoms with E-state index in [1.165, 1.54) is 11.1 Å². The maximum absolute atomic E-state index is 9.83. The summed E-state index contributed by atoms with van der Waals surface area (Å²) in [6, 6.07) is 13.9. The molecule has 2 aromatic rings. The van der Waals surface area contributed by atoms with Crippen LogP contribution in [0, 0.1) is 6.92 Å². The highest BCUT2D eigenvalue weighted by Crippen LogP contribution is 2.29. The number of hydrogen-bond acceptors (Lipinski definition) is 3. The van der Waals surface area contributed by atoms with E-state index >= 15 is 0 Å². The first kappa shape index (κ1) is 14.4. The molecule has 106 valence electrons. The van der Waals surface area contributed by atoms with Crippen LogP contribution in [0.15, 0.2) is 42.5 Å². The molecule has 2 rings (SSSR count). The van der Waals surface area contributed by atoms with E-state index in [0.717, 1.165) is 12.0 Å². The number of aromatic hydroxyl groups is 1. The van der Waals surface area contributed by atoms with Crippen molar-refractivity contribution in [2.75, 3.05) is 13.7 Å². The van der Waals surface area contributed by atoms with Gasteiger partial charge in [0.05, 0.1) is 7.11 Å². The number of aryl methyl sites for hydroxylation is 1. The number of hydrogen-bond donors (Lipinski definition) is 2. The summed E-state index contributed by atoms with van der Waals surface area (Å²) in [4.78, 5) is 0. The van der Waals surface area contributed by atoms with Crippen LogP contribution in [0.4, 0.5) is 0 Å². The molecule has 0 aliphatic rings. The number of nitrogens with two attached hydrogens (primary N) is 1. The van der Waals surface area contributed by atoms with Gasteiger partial charge in [-0.15, -0.1) is 0 Å². The Bertz CT molecular complexity index is 564. The third-order valence-corrected chi connectivity index (χ3v) is 3.56. The van der Waals surface area contributed by atoms with Gasteiger partial charge in [-0.1, -0.05) is 35.9 Å². The van der Waals surface area contributed by atoms with Crippen LogP contribution in [-0.4, -0.2) is 18.8 Å². The Morgan fingerprint density at radius 2 is 1.85 bits per heavy atom. The minimum Gasteiger partial charge on any atom is -0.504 e. The van der Waals surface area contributed by atoms with Crippen LogP contribution >= 0.6 is 0 Å². The molecule has 0 saturated carbocycles. The Kier molecular flexibility index (Phi) is 4.64. The summed E-state index contributed by atoms with van der Waals surface area (Å²) in [5.41, 5.74) is 9.42. The average Bonchev–Trinajstić information content (AvgIpc) is 2.46. The molecule has 0 fully saturated rings. The minimum atomic E-state index is 0.171. The van der Waals surface area contributed by atoms with Gasteiger partial charge in [-0.25, -0.2) is 0 Å². The highest BCUT2D eigenvalue weighted by molar-refractivity contribution is 5.42. The van der Waals surface area contributed by atoms with Crippen LogP contribution in [-0.2, 0) is 6.42 Å². The van der Waals surface area contributed by atoms with E-state index in [1.54, 1.807) is 19.2 Å². The first-order valence-electron chi connectivity index (χ1n) is 6.76. The zero-order valence-corrected chi connectivity index (χ0v) is 12.0. The first-order chi connectivity index (χ1) is 9.63. The second kappa shape index (κ2) is 6.44. The predicted molar refractivity (Wildman–Crippen MR) is 81.3 cm³/mol. The van der Waals surface area contributed by atoms with Gasteiger partial charge in [0, 0.05) is 5.92 Å². The van der Waals surface area contributed by atoms with E-state index in [0.29, 0.717) is 12.3 Å². The van der Waals surface area contributed by atoms with Crippen LogP contribution in [0.5, 0.6) is 11.5 Å². The summed E-state index contributed by atoms with van der Waals surface area (Å²) in [6.45, 7) is 2.65. The van der Waals surface area contributed by atoms with Gasteiger partial charge >= 0.3 is 0 Å². The van der Waals surface area contributed by atoms with Gasteiger partial charge in [-0.05, 0) is 43.1 Å². The highest BCUT2D eigenvalue weighted by atomic mass is 16.5. The normalized spacial score (nSPS) is 12.2. The lowest BCUT2D eigenvalue weighted by atomic mass is 9.91. The molecule has 0 saturated heterocycles. The molecular formula is C17H21NO2. The SMILES string of the molecule is COc1ccc(CC(CN)c2ccc(C)cc2)cc1O. The van der Waals surface area contributed by atoms with Crippen molar-refractivity contribution >= 4 is 0 Å². The topological polar surface area (TPSA) is 55.5 Å². The van der Waals surface area contributed by atoms with Gasteiger partial charge in [0.2, 0.25) is 0 Å². The standard InChI is InChI=1S/C17H21NO2/c1-12-3-6-14(7-4-12)15(11-18)9-13-5-8-17(20-2)16(19)10-13/h3-8,10,15,19H,9,11,18H2,1-2H3. The molecule has 0 aromatic heterocycles. The van der Waals surface area contributed by atoms with Crippen molar-refractivity contribution in [1.29, 1.82) is 0 Å². The van der Waals surface area contributed by atoms with Gasteiger partial charge in [0.25, 0.3) is 0 Å². The second-order valence-corrected chi connectivity index (χ2v) is 5.05. The van der Waals surface area contributed by atoms with E-state index < -0.39 is 0 Å². The smallest absolute Gasteiger partial charge is 0.160 e. The Balaban J connectivity index is 2.17. The number of phenolic OH excluding ortho intramolecular Hbond substituents is 1. The van der Waals surface area contributed by atoms with Gasteiger partial charge < -0.3 is 15.6 Å². The Hall–Kier alpha value is -2.00. The maximum atomic E-state index is 9.83. The number of benzene rings is 2. The van der Waals surface area contributed by atoms with E-state index in [-0.39, 0.29) is 11.7 Å².